The second-order valence-corrected chi connectivity index (χ2v) is 6.47. The zero-order valence-electron chi connectivity index (χ0n) is 11.9. The van der Waals surface area contributed by atoms with Crippen LogP contribution in [0.15, 0.2) is 41.4 Å². The maximum atomic E-state index is 13.7. The third-order valence-electron chi connectivity index (χ3n) is 3.10. The molecular weight excluding hydrogens is 293 g/mol. The highest BCUT2D eigenvalue weighted by molar-refractivity contribution is 7.89. The number of hydrogen-bond donors (Lipinski definition) is 3. The quantitative estimate of drug-likeness (QED) is 0.763. The molecule has 114 valence electrons. The summed E-state index contributed by atoms with van der Waals surface area (Å²) in [6.07, 6.45) is 1.42. The van der Waals surface area contributed by atoms with E-state index in [0.717, 1.165) is 5.69 Å². The second-order valence-electron chi connectivity index (χ2n) is 4.76. The van der Waals surface area contributed by atoms with E-state index in [1.807, 2.05) is 0 Å². The first-order valence-electron chi connectivity index (χ1n) is 6.52. The van der Waals surface area contributed by atoms with Crippen LogP contribution in [0.1, 0.15) is 24.2 Å². The molecule has 0 spiro atoms. The molecule has 5 nitrogen and oxygen atoms in total. The molecule has 1 aromatic heterocycles. The monoisotopic (exact) mass is 311 g/mol. The molecule has 1 heterocycles. The van der Waals surface area contributed by atoms with Gasteiger partial charge in [0.05, 0.1) is 4.90 Å². The summed E-state index contributed by atoms with van der Waals surface area (Å²) in [4.78, 5) is 3.02. The zero-order chi connectivity index (χ0) is 15.5. The summed E-state index contributed by atoms with van der Waals surface area (Å²) in [6.45, 7) is 2.15. The van der Waals surface area contributed by atoms with Crippen LogP contribution in [0.5, 0.6) is 0 Å². The van der Waals surface area contributed by atoms with Gasteiger partial charge in [-0.25, -0.2) is 17.5 Å². The normalized spacial score (nSPS) is 13.3. The molecule has 0 radical (unpaired) electrons. The van der Waals surface area contributed by atoms with E-state index in [4.69, 9.17) is 0 Å². The van der Waals surface area contributed by atoms with Gasteiger partial charge in [-0.1, -0.05) is 18.2 Å². The Morgan fingerprint density at radius 2 is 2.05 bits per heavy atom. The minimum absolute atomic E-state index is 0.135. The Bertz CT molecular complexity index is 713. The average molecular weight is 311 g/mol. The largest absolute Gasteiger partial charge is 0.363 e. The molecule has 0 fully saturated rings. The summed E-state index contributed by atoms with van der Waals surface area (Å²) >= 11 is 0. The average Bonchev–Trinajstić information content (AvgIpc) is 2.88. The van der Waals surface area contributed by atoms with E-state index in [-0.39, 0.29) is 4.90 Å². The Morgan fingerprint density at radius 3 is 2.71 bits per heavy atom. The van der Waals surface area contributed by atoms with E-state index >= 15 is 0 Å². The predicted octanol–water partition coefficient (Wildman–Crippen LogP) is 1.91. The maximum Gasteiger partial charge on any atom is 0.242 e. The van der Waals surface area contributed by atoms with Crippen LogP contribution >= 0.6 is 0 Å². The molecule has 0 aliphatic rings. The molecule has 1 unspecified atom stereocenters. The Labute approximate surface area is 123 Å². The third-order valence-corrected chi connectivity index (χ3v) is 4.62. The zero-order valence-corrected chi connectivity index (χ0v) is 12.7. The van der Waals surface area contributed by atoms with Crippen LogP contribution in [0.25, 0.3) is 0 Å². The lowest BCUT2D eigenvalue weighted by molar-refractivity contribution is 0.550. The van der Waals surface area contributed by atoms with Crippen LogP contribution in [0.2, 0.25) is 0 Å². The lowest BCUT2D eigenvalue weighted by atomic mass is 10.1. The molecule has 7 heteroatoms. The van der Waals surface area contributed by atoms with E-state index in [1.165, 1.54) is 12.3 Å². The van der Waals surface area contributed by atoms with Crippen molar-refractivity contribution in [1.82, 2.24) is 15.0 Å². The van der Waals surface area contributed by atoms with Crippen molar-refractivity contribution in [3.8, 4) is 0 Å². The summed E-state index contributed by atoms with van der Waals surface area (Å²) in [5.74, 6) is -0.433. The van der Waals surface area contributed by atoms with Crippen LogP contribution in [-0.4, -0.2) is 20.4 Å². The Hall–Kier alpha value is -1.70. The molecule has 0 bridgehead atoms. The maximum absolute atomic E-state index is 13.7. The van der Waals surface area contributed by atoms with Gasteiger partial charge < -0.3 is 10.3 Å². The summed E-state index contributed by atoms with van der Waals surface area (Å²) in [5, 5.41) is 2.93. The highest BCUT2D eigenvalue weighted by Crippen LogP contribution is 2.19. The molecule has 2 aromatic rings. The van der Waals surface area contributed by atoms with Gasteiger partial charge in [0.15, 0.2) is 0 Å². The van der Waals surface area contributed by atoms with Gasteiger partial charge in [0.25, 0.3) is 0 Å². The summed E-state index contributed by atoms with van der Waals surface area (Å²) in [7, 11) is -1.93. The van der Waals surface area contributed by atoms with Crippen molar-refractivity contribution in [1.29, 1.82) is 0 Å². The molecule has 3 N–H and O–H groups in total. The molecule has 0 aliphatic carbocycles. The van der Waals surface area contributed by atoms with E-state index in [9.17, 15) is 12.8 Å². The van der Waals surface area contributed by atoms with E-state index in [2.05, 4.69) is 15.0 Å². The fourth-order valence-electron chi connectivity index (χ4n) is 2.06. The van der Waals surface area contributed by atoms with Crippen molar-refractivity contribution in [3.63, 3.8) is 0 Å². The van der Waals surface area contributed by atoms with Crippen molar-refractivity contribution in [3.05, 3.63) is 53.6 Å². The minimum atomic E-state index is -3.70. The number of hydrogen-bond acceptors (Lipinski definition) is 3. The fraction of sp³-hybridized carbons (Fsp3) is 0.286. The van der Waals surface area contributed by atoms with E-state index < -0.39 is 21.9 Å². The van der Waals surface area contributed by atoms with Crippen LogP contribution in [0.4, 0.5) is 4.39 Å². The molecule has 0 saturated carbocycles. The number of H-pyrrole nitrogens is 1. The van der Waals surface area contributed by atoms with Crippen molar-refractivity contribution in [2.24, 2.45) is 0 Å². The summed E-state index contributed by atoms with van der Waals surface area (Å²) < 4.78 is 40.7. The third kappa shape index (κ3) is 3.69. The highest BCUT2D eigenvalue weighted by Gasteiger charge is 2.21. The Kier molecular flexibility index (Phi) is 4.76. The van der Waals surface area contributed by atoms with E-state index in [0.29, 0.717) is 12.1 Å². The summed E-state index contributed by atoms with van der Waals surface area (Å²) in [5.41, 5.74) is 1.07. The molecule has 1 atom stereocenters. The SMILES string of the molecule is CNCc1cc(S(=O)(=O)NC(C)c2ccccc2F)c[nH]1. The van der Waals surface area contributed by atoms with E-state index in [1.54, 1.807) is 38.2 Å². The van der Waals surface area contributed by atoms with Crippen molar-refractivity contribution < 1.29 is 12.8 Å². The van der Waals surface area contributed by atoms with Crippen LogP contribution in [0, 0.1) is 5.82 Å². The van der Waals surface area contributed by atoms with Crippen molar-refractivity contribution in [2.45, 2.75) is 24.4 Å². The number of halogens is 1. The smallest absolute Gasteiger partial charge is 0.242 e. The Morgan fingerprint density at radius 1 is 1.33 bits per heavy atom. The van der Waals surface area contributed by atoms with Crippen LogP contribution in [-0.2, 0) is 16.6 Å². The number of rotatable bonds is 6. The predicted molar refractivity (Wildman–Crippen MR) is 78.7 cm³/mol. The molecule has 1 aromatic carbocycles. The van der Waals surface area contributed by atoms with Crippen molar-refractivity contribution in [2.75, 3.05) is 7.05 Å². The molecule has 21 heavy (non-hydrogen) atoms. The van der Waals surface area contributed by atoms with Crippen molar-refractivity contribution >= 4 is 10.0 Å². The first-order valence-corrected chi connectivity index (χ1v) is 8.01. The van der Waals surface area contributed by atoms with Crippen LogP contribution in [0.3, 0.4) is 0 Å². The van der Waals surface area contributed by atoms with Gasteiger partial charge in [-0.2, -0.15) is 0 Å². The van der Waals surface area contributed by atoms with Gasteiger partial charge >= 0.3 is 0 Å². The van der Waals surface area contributed by atoms with Crippen LogP contribution < -0.4 is 10.0 Å². The number of nitrogens with one attached hydrogen (secondary N) is 3. The van der Waals surface area contributed by atoms with Gasteiger partial charge in [0, 0.05) is 30.0 Å². The Balaban J connectivity index is 2.18. The lowest BCUT2D eigenvalue weighted by Gasteiger charge is -2.14. The lowest BCUT2D eigenvalue weighted by Crippen LogP contribution is -2.27. The first kappa shape index (κ1) is 15.7. The number of sulfonamides is 1. The topological polar surface area (TPSA) is 74.0 Å². The molecule has 2 rings (SSSR count). The highest BCUT2D eigenvalue weighted by atomic mass is 32.2. The van der Waals surface area contributed by atoms with Gasteiger partial charge in [-0.3, -0.25) is 0 Å². The molecule has 0 amide bonds. The van der Waals surface area contributed by atoms with Gasteiger partial charge in [0.1, 0.15) is 5.82 Å². The van der Waals surface area contributed by atoms with Gasteiger partial charge in [0.2, 0.25) is 10.0 Å². The second kappa shape index (κ2) is 6.38. The molecule has 0 aliphatic heterocycles. The first-order chi connectivity index (χ1) is 9.94. The molecule has 0 saturated heterocycles. The number of aromatic nitrogens is 1. The van der Waals surface area contributed by atoms with Gasteiger partial charge in [-0.05, 0) is 26.1 Å². The van der Waals surface area contributed by atoms with Gasteiger partial charge in [-0.15, -0.1) is 0 Å². The minimum Gasteiger partial charge on any atom is -0.363 e. The number of benzene rings is 1. The summed E-state index contributed by atoms with van der Waals surface area (Å²) in [6, 6.07) is 7.00. The fourth-order valence-corrected chi connectivity index (χ4v) is 3.30. The standard InChI is InChI=1S/C14H18FN3O2S/c1-10(13-5-3-4-6-14(13)15)18-21(19,20)12-7-11(8-16-2)17-9-12/h3-7,9-10,16-18H,8H2,1-2H3. The molecular formula is C14H18FN3O2S. The number of aromatic amines is 1.